The van der Waals surface area contributed by atoms with Gasteiger partial charge in [0.2, 0.25) is 11.8 Å². The number of H-pyrrole nitrogens is 1. The van der Waals surface area contributed by atoms with Crippen LogP contribution in [0.1, 0.15) is 60.5 Å². The monoisotopic (exact) mass is 427 g/mol. The Morgan fingerprint density at radius 1 is 0.938 bits per heavy atom. The molecule has 2 fully saturated rings. The molecule has 1 saturated heterocycles. The molecule has 5 heteroatoms. The average Bonchev–Trinajstić information content (AvgIpc) is 3.20. The molecule has 2 atom stereocenters. The third kappa shape index (κ3) is 2.98. The number of hydrogen-bond acceptors (Lipinski definition) is 2. The second kappa shape index (κ2) is 7.51. The van der Waals surface area contributed by atoms with E-state index in [0.29, 0.717) is 6.42 Å². The Hall–Kier alpha value is -3.08. The van der Waals surface area contributed by atoms with E-state index in [4.69, 9.17) is 0 Å². The highest BCUT2D eigenvalue weighted by molar-refractivity contribution is 5.97. The highest BCUT2D eigenvalue weighted by Crippen LogP contribution is 2.43. The number of fused-ring (bicyclic) bond motifs is 4. The number of hydrogen-bond donors (Lipinski definition) is 1. The molecule has 0 bridgehead atoms. The molecule has 3 heterocycles. The summed E-state index contributed by atoms with van der Waals surface area (Å²) in [5.74, 6) is 0.194. The molecule has 1 aliphatic carbocycles. The van der Waals surface area contributed by atoms with Crippen molar-refractivity contribution in [2.24, 2.45) is 0 Å². The Labute approximate surface area is 188 Å². The molecule has 6 rings (SSSR count). The Bertz CT molecular complexity index is 1190. The maximum atomic E-state index is 13.8. The molecule has 0 spiro atoms. The van der Waals surface area contributed by atoms with E-state index in [0.717, 1.165) is 47.8 Å². The lowest BCUT2D eigenvalue weighted by molar-refractivity contribution is -0.161. The van der Waals surface area contributed by atoms with Crippen LogP contribution in [0.3, 0.4) is 0 Å². The van der Waals surface area contributed by atoms with Gasteiger partial charge in [-0.1, -0.05) is 67.3 Å². The van der Waals surface area contributed by atoms with Gasteiger partial charge < -0.3 is 14.8 Å². The Balaban J connectivity index is 1.48. The van der Waals surface area contributed by atoms with Gasteiger partial charge in [0, 0.05) is 29.1 Å². The van der Waals surface area contributed by atoms with E-state index in [-0.39, 0.29) is 30.4 Å². The number of nitrogens with zero attached hydrogens (tertiary/aromatic N) is 2. The van der Waals surface area contributed by atoms with Crippen molar-refractivity contribution in [2.75, 3.05) is 6.54 Å². The summed E-state index contributed by atoms with van der Waals surface area (Å²) in [7, 11) is 0. The van der Waals surface area contributed by atoms with E-state index in [1.165, 1.54) is 17.5 Å². The van der Waals surface area contributed by atoms with Crippen LogP contribution in [0.25, 0.3) is 10.9 Å². The van der Waals surface area contributed by atoms with Gasteiger partial charge in [-0.05, 0) is 37.0 Å². The first-order valence-electron chi connectivity index (χ1n) is 11.9. The molecule has 32 heavy (non-hydrogen) atoms. The Morgan fingerprint density at radius 2 is 1.69 bits per heavy atom. The van der Waals surface area contributed by atoms with Crippen LogP contribution in [0, 0.1) is 6.92 Å². The van der Waals surface area contributed by atoms with Crippen molar-refractivity contribution in [2.45, 2.75) is 63.6 Å². The van der Waals surface area contributed by atoms with Crippen LogP contribution in [0.15, 0.2) is 48.5 Å². The molecule has 2 aliphatic heterocycles. The minimum Gasteiger partial charge on any atom is -0.356 e. The van der Waals surface area contributed by atoms with E-state index in [1.54, 1.807) is 0 Å². The van der Waals surface area contributed by atoms with Crippen LogP contribution in [-0.2, 0) is 16.0 Å². The molecular formula is C27H29N3O2. The first-order valence-corrected chi connectivity index (χ1v) is 11.9. The molecule has 1 saturated carbocycles. The summed E-state index contributed by atoms with van der Waals surface area (Å²) in [6, 6.07) is 16.2. The van der Waals surface area contributed by atoms with E-state index in [1.807, 2.05) is 21.9 Å². The highest BCUT2D eigenvalue weighted by atomic mass is 16.2. The predicted octanol–water partition coefficient (Wildman–Crippen LogP) is 4.49. The lowest BCUT2D eigenvalue weighted by Crippen LogP contribution is -2.65. The quantitative estimate of drug-likeness (QED) is 0.655. The van der Waals surface area contributed by atoms with Gasteiger partial charge in [-0.2, -0.15) is 0 Å². The summed E-state index contributed by atoms with van der Waals surface area (Å²) in [4.78, 5) is 34.8. The molecule has 3 aromatic rings. The van der Waals surface area contributed by atoms with Crippen LogP contribution in [0.5, 0.6) is 0 Å². The number of aromatic nitrogens is 1. The second-order valence-electron chi connectivity index (χ2n) is 9.65. The molecule has 2 aromatic carbocycles. The summed E-state index contributed by atoms with van der Waals surface area (Å²) in [5.41, 5.74) is 5.54. The van der Waals surface area contributed by atoms with Crippen LogP contribution in [0.2, 0.25) is 0 Å². The number of carbonyl (C=O) groups excluding carboxylic acids is 2. The molecule has 1 aromatic heterocycles. The number of piperazine rings is 1. The summed E-state index contributed by atoms with van der Waals surface area (Å²) < 4.78 is 0. The van der Waals surface area contributed by atoms with Crippen molar-refractivity contribution < 1.29 is 9.59 Å². The number of nitrogens with one attached hydrogen (secondary N) is 1. The number of aryl methyl sites for hydroxylation is 1. The zero-order valence-corrected chi connectivity index (χ0v) is 18.5. The number of rotatable bonds is 2. The molecule has 5 nitrogen and oxygen atoms in total. The zero-order valence-electron chi connectivity index (χ0n) is 18.5. The Morgan fingerprint density at radius 3 is 2.47 bits per heavy atom. The van der Waals surface area contributed by atoms with Crippen LogP contribution >= 0.6 is 0 Å². The summed E-state index contributed by atoms with van der Waals surface area (Å²) in [6.45, 7) is 2.28. The Kier molecular flexibility index (Phi) is 4.60. The van der Waals surface area contributed by atoms with Gasteiger partial charge in [0.1, 0.15) is 12.6 Å². The lowest BCUT2D eigenvalue weighted by atomic mass is 9.85. The number of amides is 2. The van der Waals surface area contributed by atoms with Gasteiger partial charge >= 0.3 is 0 Å². The first-order chi connectivity index (χ1) is 15.6. The smallest absolute Gasteiger partial charge is 0.246 e. The number of benzene rings is 2. The molecule has 0 unspecified atom stereocenters. The molecule has 3 aliphatic rings. The zero-order chi connectivity index (χ0) is 21.8. The molecule has 164 valence electrons. The first kappa shape index (κ1) is 19.6. The second-order valence-corrected chi connectivity index (χ2v) is 9.65. The van der Waals surface area contributed by atoms with E-state index in [9.17, 15) is 9.59 Å². The van der Waals surface area contributed by atoms with E-state index in [2.05, 4.69) is 48.3 Å². The summed E-state index contributed by atoms with van der Waals surface area (Å²) in [5, 5.41) is 1.16. The minimum absolute atomic E-state index is 0.0649. The SMILES string of the molecule is Cc1ccc([C@H]2c3[nH]c4ccccc4c3C[C@H]3C(=O)N(C4CCCCC4)CC(=O)N23)cc1. The predicted molar refractivity (Wildman–Crippen MR) is 124 cm³/mol. The van der Waals surface area contributed by atoms with Crippen molar-refractivity contribution >= 4 is 22.7 Å². The molecular weight excluding hydrogens is 398 g/mol. The van der Waals surface area contributed by atoms with Gasteiger partial charge in [0.05, 0.1) is 6.04 Å². The summed E-state index contributed by atoms with van der Waals surface area (Å²) in [6.07, 6.45) is 6.15. The normalized spacial score (nSPS) is 24.0. The fourth-order valence-electron chi connectivity index (χ4n) is 6.08. The highest BCUT2D eigenvalue weighted by Gasteiger charge is 2.49. The maximum Gasteiger partial charge on any atom is 0.246 e. The third-order valence-electron chi connectivity index (χ3n) is 7.70. The van der Waals surface area contributed by atoms with Crippen molar-refractivity contribution in [1.82, 2.24) is 14.8 Å². The largest absolute Gasteiger partial charge is 0.356 e. The fraction of sp³-hybridized carbons (Fsp3) is 0.407. The fourth-order valence-corrected chi connectivity index (χ4v) is 6.08. The standard InChI is InChI=1S/C27H29N3O2/c1-17-11-13-18(14-12-17)26-25-21(20-9-5-6-10-22(20)28-25)15-23-27(32)29(16-24(31)30(23)26)19-7-3-2-4-8-19/h5-6,9-14,19,23,26,28H,2-4,7-8,15-16H2,1H3/t23-,26-/m0/s1. The average molecular weight is 428 g/mol. The van der Waals surface area contributed by atoms with Crippen molar-refractivity contribution in [3.05, 3.63) is 70.9 Å². The number of para-hydroxylation sites is 1. The van der Waals surface area contributed by atoms with Crippen LogP contribution < -0.4 is 0 Å². The van der Waals surface area contributed by atoms with Gasteiger partial charge in [-0.15, -0.1) is 0 Å². The topological polar surface area (TPSA) is 56.4 Å². The van der Waals surface area contributed by atoms with Gasteiger partial charge in [0.15, 0.2) is 0 Å². The van der Waals surface area contributed by atoms with Crippen molar-refractivity contribution in [1.29, 1.82) is 0 Å². The van der Waals surface area contributed by atoms with Gasteiger partial charge in [-0.25, -0.2) is 0 Å². The molecule has 1 N–H and O–H groups in total. The minimum atomic E-state index is -0.434. The summed E-state index contributed by atoms with van der Waals surface area (Å²) >= 11 is 0. The lowest BCUT2D eigenvalue weighted by Gasteiger charge is -2.49. The van der Waals surface area contributed by atoms with Gasteiger partial charge in [0.25, 0.3) is 0 Å². The maximum absolute atomic E-state index is 13.8. The van der Waals surface area contributed by atoms with Crippen LogP contribution in [-0.4, -0.2) is 45.2 Å². The van der Waals surface area contributed by atoms with Crippen molar-refractivity contribution in [3.63, 3.8) is 0 Å². The van der Waals surface area contributed by atoms with Crippen molar-refractivity contribution in [3.8, 4) is 0 Å². The molecule has 2 amide bonds. The number of aromatic amines is 1. The third-order valence-corrected chi connectivity index (χ3v) is 7.70. The van der Waals surface area contributed by atoms with E-state index < -0.39 is 6.04 Å². The molecule has 0 radical (unpaired) electrons. The van der Waals surface area contributed by atoms with E-state index >= 15 is 0 Å². The number of carbonyl (C=O) groups is 2. The van der Waals surface area contributed by atoms with Crippen LogP contribution in [0.4, 0.5) is 0 Å². The van der Waals surface area contributed by atoms with Gasteiger partial charge in [-0.3, -0.25) is 9.59 Å².